The fraction of sp³-hybridized carbons (Fsp3) is 0.312. The zero-order valence-electron chi connectivity index (χ0n) is 15.2. The summed E-state index contributed by atoms with van der Waals surface area (Å²) < 4.78 is 5.68. The summed E-state index contributed by atoms with van der Waals surface area (Å²) in [6.07, 6.45) is -4.05. The van der Waals surface area contributed by atoms with Crippen LogP contribution in [0.4, 0.5) is 5.95 Å². The molecular formula is C16H18N6O7S. The topological polar surface area (TPSA) is 219 Å². The average molecular weight is 438 g/mol. The molecule has 3 heterocycles. The number of aromatic nitrogens is 4. The predicted octanol–water partition coefficient (Wildman–Crippen LogP) is -2.52. The number of hydrogen-bond acceptors (Lipinski definition) is 11. The van der Waals surface area contributed by atoms with Crippen molar-refractivity contribution in [3.05, 3.63) is 50.8 Å². The van der Waals surface area contributed by atoms with E-state index in [2.05, 4.69) is 10.1 Å². The maximum absolute atomic E-state index is 11.3. The number of aliphatic hydroxyl groups is 3. The molecule has 0 aliphatic carbocycles. The van der Waals surface area contributed by atoms with Crippen molar-refractivity contribution in [1.82, 2.24) is 10.1 Å². The van der Waals surface area contributed by atoms with Crippen LogP contribution in [0.1, 0.15) is 21.6 Å². The summed E-state index contributed by atoms with van der Waals surface area (Å²) in [4.78, 5) is 15.1. The highest BCUT2D eigenvalue weighted by Gasteiger charge is 2.44. The number of carbonyl (C=O) groups excluding carboxylic acids is 1. The third-order valence-corrected chi connectivity index (χ3v) is 5.17. The maximum atomic E-state index is 11.3. The Labute approximate surface area is 172 Å². The number of para-hydroxylation sites is 2. The first-order valence-electron chi connectivity index (χ1n) is 8.50. The predicted molar refractivity (Wildman–Crippen MR) is 101 cm³/mol. The first kappa shape index (κ1) is 21.5. The fourth-order valence-electron chi connectivity index (χ4n) is 2.74. The molecule has 0 bridgehead atoms. The van der Waals surface area contributed by atoms with Gasteiger partial charge in [0.05, 0.1) is 6.61 Å². The molecule has 0 radical (unpaired) electrons. The lowest BCUT2D eigenvalue weighted by Gasteiger charge is -2.11. The zero-order chi connectivity index (χ0) is 22.0. The van der Waals surface area contributed by atoms with E-state index in [4.69, 9.17) is 21.3 Å². The lowest BCUT2D eigenvalue weighted by atomic mass is 10.1. The highest BCUT2D eigenvalue weighted by Crippen LogP contribution is 2.34. The molecule has 30 heavy (non-hydrogen) atoms. The molecule has 0 saturated carbocycles. The molecule has 2 aromatic heterocycles. The summed E-state index contributed by atoms with van der Waals surface area (Å²) in [6.45, 7) is -0.400. The third-order valence-electron chi connectivity index (χ3n) is 4.27. The van der Waals surface area contributed by atoms with Gasteiger partial charge in [-0.1, -0.05) is 12.1 Å². The summed E-state index contributed by atoms with van der Waals surface area (Å²) in [5.74, 6) is -1.02. The Kier molecular flexibility index (Phi) is 6.23. The van der Waals surface area contributed by atoms with Gasteiger partial charge in [-0.15, -0.1) is 11.3 Å². The monoisotopic (exact) mass is 438 g/mol. The fourth-order valence-corrected chi connectivity index (χ4v) is 3.63. The smallest absolute Gasteiger partial charge is 0.458 e. The van der Waals surface area contributed by atoms with Crippen LogP contribution >= 0.6 is 11.3 Å². The molecule has 1 aromatic carbocycles. The average Bonchev–Trinajstić information content (AvgIpc) is 3.33. The van der Waals surface area contributed by atoms with Crippen molar-refractivity contribution in [2.75, 3.05) is 12.3 Å². The van der Waals surface area contributed by atoms with Gasteiger partial charge in [-0.3, -0.25) is 10.5 Å². The van der Waals surface area contributed by atoms with E-state index in [1.165, 1.54) is 17.5 Å². The van der Waals surface area contributed by atoms with Crippen LogP contribution in [0, 0.1) is 10.4 Å². The van der Waals surface area contributed by atoms with Crippen LogP contribution in [0.3, 0.4) is 0 Å². The van der Waals surface area contributed by atoms with Crippen molar-refractivity contribution in [2.45, 2.75) is 24.4 Å². The van der Waals surface area contributed by atoms with Gasteiger partial charge in [0.25, 0.3) is 11.4 Å². The van der Waals surface area contributed by atoms with Crippen molar-refractivity contribution in [3.8, 4) is 0 Å². The molecule has 4 atom stereocenters. The SMILES string of the molecule is NC(=O)c1csc([C@@H]2O[C@H](CO)[C@@H](O)[C@H]2O)n1.Nc1n[n+]([O-])c2ccccc2[n+]1[O-]. The molecule has 14 heteroatoms. The van der Waals surface area contributed by atoms with Crippen LogP contribution in [0.5, 0.6) is 0 Å². The van der Waals surface area contributed by atoms with Gasteiger partial charge in [0.1, 0.15) is 35.1 Å². The van der Waals surface area contributed by atoms with Crippen LogP contribution in [-0.2, 0) is 4.74 Å². The number of nitrogens with two attached hydrogens (primary N) is 2. The highest BCUT2D eigenvalue weighted by atomic mass is 32.1. The number of ether oxygens (including phenoxy) is 1. The van der Waals surface area contributed by atoms with Gasteiger partial charge in [0.15, 0.2) is 5.52 Å². The van der Waals surface area contributed by atoms with E-state index in [1.54, 1.807) is 12.1 Å². The number of rotatable bonds is 3. The van der Waals surface area contributed by atoms with Gasteiger partial charge >= 0.3 is 5.95 Å². The number of benzene rings is 1. The second-order valence-corrected chi connectivity index (χ2v) is 7.10. The second kappa shape index (κ2) is 8.68. The van der Waals surface area contributed by atoms with Crippen molar-refractivity contribution in [2.24, 2.45) is 5.73 Å². The number of carbonyl (C=O) groups is 1. The van der Waals surface area contributed by atoms with Gasteiger partial charge in [-0.25, -0.2) is 9.71 Å². The Balaban J connectivity index is 0.000000177. The number of aliphatic hydroxyl groups excluding tert-OH is 3. The van der Waals surface area contributed by atoms with Crippen molar-refractivity contribution >= 4 is 34.2 Å². The number of nitrogen functional groups attached to an aromatic ring is 1. The Morgan fingerprint density at radius 2 is 1.90 bits per heavy atom. The van der Waals surface area contributed by atoms with E-state index in [9.17, 15) is 25.4 Å². The van der Waals surface area contributed by atoms with Gasteiger partial charge in [0.2, 0.25) is 5.10 Å². The minimum absolute atomic E-state index is 0.0859. The standard InChI is InChI=1S/C9H12N2O5S.C7H6N4O2/c10-8(15)3-2-17-9(11-3)7-6(14)5(13)4(1-12)16-7;8-7-9-11(13)6-4-2-1-3-5(6)10(7)12/h2,4-7,12-14H,1H2,(H2,10,15);1-4H,(H2,8,9)/t4-,5-,6-,7-;/m1./s1. The normalized spacial score (nSPS) is 23.2. The highest BCUT2D eigenvalue weighted by molar-refractivity contribution is 7.09. The van der Waals surface area contributed by atoms with E-state index in [-0.39, 0.29) is 22.7 Å². The molecule has 1 saturated heterocycles. The first-order valence-corrected chi connectivity index (χ1v) is 9.37. The summed E-state index contributed by atoms with van der Waals surface area (Å²) in [5, 5.41) is 55.7. The van der Waals surface area contributed by atoms with Crippen LogP contribution < -0.4 is 21.0 Å². The third kappa shape index (κ3) is 4.07. The van der Waals surface area contributed by atoms with E-state index in [0.29, 0.717) is 14.6 Å². The van der Waals surface area contributed by atoms with Crippen LogP contribution in [0.25, 0.3) is 11.0 Å². The van der Waals surface area contributed by atoms with E-state index >= 15 is 0 Å². The number of thiazole rings is 1. The van der Waals surface area contributed by atoms with E-state index < -0.39 is 36.9 Å². The minimum atomic E-state index is -1.18. The van der Waals surface area contributed by atoms with Crippen LogP contribution in [0.2, 0.25) is 0 Å². The molecular weight excluding hydrogens is 420 g/mol. The van der Waals surface area contributed by atoms with E-state index in [1.807, 2.05) is 0 Å². The van der Waals surface area contributed by atoms with Gasteiger partial charge in [-0.2, -0.15) is 0 Å². The summed E-state index contributed by atoms with van der Waals surface area (Å²) in [7, 11) is 0. The molecule has 1 amide bonds. The molecule has 3 aromatic rings. The molecule has 0 spiro atoms. The van der Waals surface area contributed by atoms with Crippen molar-refractivity contribution < 1.29 is 34.4 Å². The van der Waals surface area contributed by atoms with Crippen molar-refractivity contribution in [1.29, 1.82) is 0 Å². The first-order chi connectivity index (χ1) is 14.2. The second-order valence-electron chi connectivity index (χ2n) is 6.21. The number of amides is 1. The quantitative estimate of drug-likeness (QED) is 0.213. The number of anilines is 1. The molecule has 13 nitrogen and oxygen atoms in total. The lowest BCUT2D eigenvalue weighted by molar-refractivity contribution is -0.672. The number of hydrogen-bond donors (Lipinski definition) is 5. The van der Waals surface area contributed by atoms with E-state index in [0.717, 1.165) is 11.3 Å². The molecule has 7 N–H and O–H groups in total. The molecule has 0 unspecified atom stereocenters. The van der Waals surface area contributed by atoms with Gasteiger partial charge < -0.3 is 36.2 Å². The Bertz CT molecular complexity index is 1060. The number of fused-ring (bicyclic) bond motifs is 1. The van der Waals surface area contributed by atoms with Crippen LogP contribution in [0.15, 0.2) is 29.6 Å². The molecule has 4 rings (SSSR count). The molecule has 1 aliphatic heterocycles. The maximum Gasteiger partial charge on any atom is 0.458 e. The van der Waals surface area contributed by atoms with Crippen LogP contribution in [-0.4, -0.2) is 56.2 Å². The van der Waals surface area contributed by atoms with Gasteiger partial charge in [-0.05, 0) is 6.07 Å². The largest absolute Gasteiger partial charge is 0.739 e. The summed E-state index contributed by atoms with van der Waals surface area (Å²) in [6, 6.07) is 6.31. The molecule has 1 fully saturated rings. The Morgan fingerprint density at radius 1 is 1.23 bits per heavy atom. The number of nitrogens with zero attached hydrogens (tertiary/aromatic N) is 4. The lowest BCUT2D eigenvalue weighted by Crippen LogP contribution is -2.44. The summed E-state index contributed by atoms with van der Waals surface area (Å²) >= 11 is 1.10. The zero-order valence-corrected chi connectivity index (χ0v) is 16.0. The minimum Gasteiger partial charge on any atom is -0.739 e. The molecule has 1 aliphatic rings. The Hall–Kier alpha value is -3.17. The van der Waals surface area contributed by atoms with Gasteiger partial charge in [0, 0.05) is 16.3 Å². The summed E-state index contributed by atoms with van der Waals surface area (Å²) in [5.41, 5.74) is 10.8. The van der Waals surface area contributed by atoms with Crippen molar-refractivity contribution in [3.63, 3.8) is 0 Å². The Morgan fingerprint density at radius 3 is 2.47 bits per heavy atom. The molecule has 160 valence electrons. The number of primary amides is 1.